The monoisotopic (exact) mass is 220 g/mol. The molecule has 0 saturated heterocycles. The predicted molar refractivity (Wildman–Crippen MR) is 62.0 cm³/mol. The van der Waals surface area contributed by atoms with Crippen molar-refractivity contribution in [3.63, 3.8) is 0 Å². The van der Waals surface area contributed by atoms with Gasteiger partial charge in [0, 0.05) is 19.2 Å². The maximum atomic E-state index is 11.4. The molecular weight excluding hydrogens is 204 g/mol. The molecule has 0 atom stereocenters. The van der Waals surface area contributed by atoms with Crippen molar-refractivity contribution < 1.29 is 9.63 Å². The molecule has 1 aliphatic rings. The van der Waals surface area contributed by atoms with Gasteiger partial charge in [0.1, 0.15) is 0 Å². The molecule has 0 bridgehead atoms. The molecule has 4 nitrogen and oxygen atoms in total. The zero-order chi connectivity index (χ0) is 11.5. The Morgan fingerprint density at radius 3 is 3.06 bits per heavy atom. The SMILES string of the molecule is CC(=O)N1CCc2c(CCON)cccc21. The summed E-state index contributed by atoms with van der Waals surface area (Å²) in [6.07, 6.45) is 1.72. The van der Waals surface area contributed by atoms with E-state index in [1.54, 1.807) is 6.92 Å². The van der Waals surface area contributed by atoms with E-state index < -0.39 is 0 Å². The summed E-state index contributed by atoms with van der Waals surface area (Å²) in [6.45, 7) is 2.90. The molecule has 1 aromatic carbocycles. The van der Waals surface area contributed by atoms with Gasteiger partial charge in [-0.1, -0.05) is 12.1 Å². The van der Waals surface area contributed by atoms with Crippen molar-refractivity contribution in [3.8, 4) is 0 Å². The maximum Gasteiger partial charge on any atom is 0.223 e. The third-order valence-electron chi connectivity index (χ3n) is 2.99. The molecule has 0 fully saturated rings. The minimum Gasteiger partial charge on any atom is -0.312 e. The Balaban J connectivity index is 2.28. The first-order chi connectivity index (χ1) is 7.74. The number of carbonyl (C=O) groups is 1. The van der Waals surface area contributed by atoms with Crippen LogP contribution in [-0.4, -0.2) is 19.1 Å². The van der Waals surface area contributed by atoms with Crippen LogP contribution in [0.15, 0.2) is 18.2 Å². The lowest BCUT2D eigenvalue weighted by molar-refractivity contribution is -0.116. The molecule has 1 heterocycles. The topological polar surface area (TPSA) is 55.6 Å². The lowest BCUT2D eigenvalue weighted by Gasteiger charge is -2.15. The van der Waals surface area contributed by atoms with E-state index in [2.05, 4.69) is 10.9 Å². The van der Waals surface area contributed by atoms with Gasteiger partial charge >= 0.3 is 0 Å². The number of hydrogen-bond acceptors (Lipinski definition) is 3. The van der Waals surface area contributed by atoms with Gasteiger partial charge in [-0.05, 0) is 30.0 Å². The third kappa shape index (κ3) is 1.94. The van der Waals surface area contributed by atoms with E-state index in [1.807, 2.05) is 17.0 Å². The molecule has 2 N–H and O–H groups in total. The number of amides is 1. The van der Waals surface area contributed by atoms with Gasteiger partial charge in [0.05, 0.1) is 6.61 Å². The highest BCUT2D eigenvalue weighted by atomic mass is 16.6. The Kier molecular flexibility index (Phi) is 3.22. The van der Waals surface area contributed by atoms with Crippen LogP contribution in [0.2, 0.25) is 0 Å². The van der Waals surface area contributed by atoms with Crippen molar-refractivity contribution in [1.29, 1.82) is 0 Å². The van der Waals surface area contributed by atoms with Crippen LogP contribution in [0.5, 0.6) is 0 Å². The summed E-state index contributed by atoms with van der Waals surface area (Å²) in [4.78, 5) is 17.8. The second-order valence-corrected chi connectivity index (χ2v) is 3.96. The summed E-state index contributed by atoms with van der Waals surface area (Å²) in [5, 5.41) is 0. The molecule has 1 aliphatic heterocycles. The fourth-order valence-corrected chi connectivity index (χ4v) is 2.24. The zero-order valence-electron chi connectivity index (χ0n) is 9.40. The molecule has 0 aliphatic carbocycles. The molecule has 86 valence electrons. The number of hydrogen-bond donors (Lipinski definition) is 1. The van der Waals surface area contributed by atoms with Crippen LogP contribution in [0.25, 0.3) is 0 Å². The lowest BCUT2D eigenvalue weighted by Crippen LogP contribution is -2.25. The van der Waals surface area contributed by atoms with E-state index in [0.29, 0.717) is 6.61 Å². The number of carbonyl (C=O) groups excluding carboxylic acids is 1. The van der Waals surface area contributed by atoms with Gasteiger partial charge in [0.15, 0.2) is 0 Å². The van der Waals surface area contributed by atoms with E-state index in [4.69, 9.17) is 5.90 Å². The Morgan fingerprint density at radius 2 is 2.38 bits per heavy atom. The van der Waals surface area contributed by atoms with Crippen molar-refractivity contribution in [2.45, 2.75) is 19.8 Å². The first kappa shape index (κ1) is 11.1. The molecular formula is C12H16N2O2. The third-order valence-corrected chi connectivity index (χ3v) is 2.99. The van der Waals surface area contributed by atoms with Gasteiger partial charge in [-0.25, -0.2) is 5.90 Å². The first-order valence-corrected chi connectivity index (χ1v) is 5.44. The zero-order valence-corrected chi connectivity index (χ0v) is 9.40. The second kappa shape index (κ2) is 4.63. The predicted octanol–water partition coefficient (Wildman–Crippen LogP) is 1.03. The second-order valence-electron chi connectivity index (χ2n) is 3.96. The average Bonchev–Trinajstić information content (AvgIpc) is 2.70. The van der Waals surface area contributed by atoms with Crippen LogP contribution in [-0.2, 0) is 22.5 Å². The summed E-state index contributed by atoms with van der Waals surface area (Å²) in [5.74, 6) is 5.14. The van der Waals surface area contributed by atoms with E-state index >= 15 is 0 Å². The van der Waals surface area contributed by atoms with E-state index in [1.165, 1.54) is 11.1 Å². The molecule has 4 heteroatoms. The van der Waals surface area contributed by atoms with Crippen LogP contribution < -0.4 is 10.8 Å². The highest BCUT2D eigenvalue weighted by Gasteiger charge is 2.23. The van der Waals surface area contributed by atoms with Gasteiger partial charge in [-0.15, -0.1) is 0 Å². The number of rotatable bonds is 3. The Hall–Kier alpha value is -1.39. The number of anilines is 1. The number of nitrogens with two attached hydrogens (primary N) is 1. The number of benzene rings is 1. The van der Waals surface area contributed by atoms with Crippen molar-refractivity contribution in [1.82, 2.24) is 0 Å². The largest absolute Gasteiger partial charge is 0.312 e. The molecule has 2 rings (SSSR count). The highest BCUT2D eigenvalue weighted by molar-refractivity contribution is 5.94. The summed E-state index contributed by atoms with van der Waals surface area (Å²) in [7, 11) is 0. The molecule has 1 aromatic rings. The fraction of sp³-hybridized carbons (Fsp3) is 0.417. The molecule has 0 radical (unpaired) electrons. The summed E-state index contributed by atoms with van der Waals surface area (Å²) < 4.78 is 0. The molecule has 0 spiro atoms. The van der Waals surface area contributed by atoms with Crippen LogP contribution in [0.4, 0.5) is 5.69 Å². The van der Waals surface area contributed by atoms with Gasteiger partial charge in [0.25, 0.3) is 0 Å². The highest BCUT2D eigenvalue weighted by Crippen LogP contribution is 2.30. The van der Waals surface area contributed by atoms with E-state index in [0.717, 1.165) is 25.1 Å². The van der Waals surface area contributed by atoms with Crippen molar-refractivity contribution in [2.24, 2.45) is 5.90 Å². The molecule has 0 saturated carbocycles. The quantitative estimate of drug-likeness (QED) is 0.774. The Bertz CT molecular complexity index is 404. The van der Waals surface area contributed by atoms with E-state index in [9.17, 15) is 4.79 Å². The van der Waals surface area contributed by atoms with Crippen LogP contribution in [0.3, 0.4) is 0 Å². The fourth-order valence-electron chi connectivity index (χ4n) is 2.24. The summed E-state index contributed by atoms with van der Waals surface area (Å²) >= 11 is 0. The summed E-state index contributed by atoms with van der Waals surface area (Å²) in [5.41, 5.74) is 3.53. The Labute approximate surface area is 94.9 Å². The van der Waals surface area contributed by atoms with Crippen molar-refractivity contribution >= 4 is 11.6 Å². The lowest BCUT2D eigenvalue weighted by atomic mass is 10.0. The maximum absolute atomic E-state index is 11.4. The molecule has 0 aromatic heterocycles. The average molecular weight is 220 g/mol. The smallest absolute Gasteiger partial charge is 0.223 e. The van der Waals surface area contributed by atoms with Crippen molar-refractivity contribution in [3.05, 3.63) is 29.3 Å². The minimum atomic E-state index is 0.103. The van der Waals surface area contributed by atoms with Gasteiger partial charge in [-0.2, -0.15) is 0 Å². The minimum absolute atomic E-state index is 0.103. The van der Waals surface area contributed by atoms with Crippen LogP contribution in [0.1, 0.15) is 18.1 Å². The summed E-state index contributed by atoms with van der Waals surface area (Å²) in [6, 6.07) is 6.05. The van der Waals surface area contributed by atoms with Gasteiger partial charge < -0.3 is 9.74 Å². The van der Waals surface area contributed by atoms with Crippen LogP contribution >= 0.6 is 0 Å². The standard InChI is InChI=1S/C12H16N2O2/c1-9(15)14-7-5-11-10(6-8-16-13)3-2-4-12(11)14/h2-4H,5-8,13H2,1H3. The first-order valence-electron chi connectivity index (χ1n) is 5.44. The molecule has 16 heavy (non-hydrogen) atoms. The van der Waals surface area contributed by atoms with Gasteiger partial charge in [-0.3, -0.25) is 4.79 Å². The van der Waals surface area contributed by atoms with Crippen molar-refractivity contribution in [2.75, 3.05) is 18.1 Å². The van der Waals surface area contributed by atoms with Gasteiger partial charge in [0.2, 0.25) is 5.91 Å². The van der Waals surface area contributed by atoms with Crippen LogP contribution in [0, 0.1) is 0 Å². The molecule has 1 amide bonds. The normalized spacial score (nSPS) is 14.0. The number of fused-ring (bicyclic) bond motifs is 1. The van der Waals surface area contributed by atoms with E-state index in [-0.39, 0.29) is 5.91 Å². The molecule has 0 unspecified atom stereocenters. The Morgan fingerprint density at radius 1 is 1.56 bits per heavy atom. The number of nitrogens with zero attached hydrogens (tertiary/aromatic N) is 1.